The summed E-state index contributed by atoms with van der Waals surface area (Å²) in [5, 5.41) is 13.8. The molecule has 0 saturated heterocycles. The maximum atomic E-state index is 13.0. The van der Waals surface area contributed by atoms with E-state index in [1.54, 1.807) is 23.9 Å². The van der Waals surface area contributed by atoms with E-state index in [-0.39, 0.29) is 5.65 Å². The van der Waals surface area contributed by atoms with Crippen LogP contribution in [0.3, 0.4) is 0 Å². The first-order valence-electron chi connectivity index (χ1n) is 7.90. The van der Waals surface area contributed by atoms with Crippen molar-refractivity contribution in [2.45, 2.75) is 16.0 Å². The maximum Gasteiger partial charge on any atom is 0.433 e. The zero-order valence-corrected chi connectivity index (χ0v) is 14.5. The van der Waals surface area contributed by atoms with Gasteiger partial charge in [0.2, 0.25) is 5.88 Å². The van der Waals surface area contributed by atoms with E-state index in [2.05, 4.69) is 10.1 Å². The summed E-state index contributed by atoms with van der Waals surface area (Å²) in [6, 6.07) is 17.7. The molecule has 0 radical (unpaired) electrons. The maximum absolute atomic E-state index is 13.0. The minimum atomic E-state index is -4.66. The van der Waals surface area contributed by atoms with Gasteiger partial charge in [-0.25, -0.2) is 4.98 Å². The van der Waals surface area contributed by atoms with Crippen LogP contribution in [-0.2, 0) is 6.18 Å². The van der Waals surface area contributed by atoms with Crippen molar-refractivity contribution < 1.29 is 18.3 Å². The van der Waals surface area contributed by atoms with Crippen molar-refractivity contribution >= 4 is 17.4 Å². The molecule has 0 atom stereocenters. The Hall–Kier alpha value is -3.00. The first kappa shape index (κ1) is 17.4. The Bertz CT molecular complexity index is 1090. The van der Waals surface area contributed by atoms with Gasteiger partial charge in [-0.1, -0.05) is 42.1 Å². The van der Waals surface area contributed by atoms with Gasteiger partial charge in [0.05, 0.1) is 6.20 Å². The number of aromatic nitrogens is 3. The molecule has 0 aliphatic carbocycles. The second kappa shape index (κ2) is 6.62. The van der Waals surface area contributed by atoms with Gasteiger partial charge in [-0.3, -0.25) is 0 Å². The first-order chi connectivity index (χ1) is 12.9. The number of halogens is 3. The molecule has 4 nitrogen and oxygen atoms in total. The molecule has 0 fully saturated rings. The average Bonchev–Trinajstić information content (AvgIpc) is 3.07. The fourth-order valence-corrected chi connectivity index (χ4v) is 3.46. The van der Waals surface area contributed by atoms with E-state index in [9.17, 15) is 18.3 Å². The molecule has 0 unspecified atom stereocenters. The molecule has 0 spiro atoms. The molecule has 0 amide bonds. The topological polar surface area (TPSA) is 50.4 Å². The highest BCUT2D eigenvalue weighted by atomic mass is 32.2. The third-order valence-electron chi connectivity index (χ3n) is 3.89. The summed E-state index contributed by atoms with van der Waals surface area (Å²) < 4.78 is 40.0. The van der Waals surface area contributed by atoms with Gasteiger partial charge in [0.1, 0.15) is 0 Å². The lowest BCUT2D eigenvalue weighted by atomic mass is 10.1. The molecular formula is C19H12F3N3OS. The molecule has 27 heavy (non-hydrogen) atoms. The van der Waals surface area contributed by atoms with E-state index in [4.69, 9.17) is 0 Å². The number of benzene rings is 2. The second-order valence-corrected chi connectivity index (χ2v) is 6.88. The molecule has 0 saturated carbocycles. The van der Waals surface area contributed by atoms with Gasteiger partial charge in [-0.2, -0.15) is 22.8 Å². The van der Waals surface area contributed by atoms with Gasteiger partial charge in [-0.15, -0.1) is 0 Å². The predicted octanol–water partition coefficient (Wildman–Crippen LogP) is 5.27. The number of fused-ring (bicyclic) bond motifs is 1. The Kier molecular flexibility index (Phi) is 4.27. The van der Waals surface area contributed by atoms with Crippen molar-refractivity contribution in [2.75, 3.05) is 0 Å². The first-order valence-corrected chi connectivity index (χ1v) is 8.72. The average molecular weight is 387 g/mol. The molecule has 8 heteroatoms. The highest BCUT2D eigenvalue weighted by Gasteiger charge is 2.34. The lowest BCUT2D eigenvalue weighted by molar-refractivity contribution is -0.141. The normalized spacial score (nSPS) is 11.8. The van der Waals surface area contributed by atoms with Gasteiger partial charge in [0.15, 0.2) is 11.3 Å². The summed E-state index contributed by atoms with van der Waals surface area (Å²) >= 11 is 1.58. The van der Waals surface area contributed by atoms with Crippen molar-refractivity contribution in [2.24, 2.45) is 0 Å². The number of hydrogen-bond acceptors (Lipinski definition) is 4. The number of alkyl halides is 3. The summed E-state index contributed by atoms with van der Waals surface area (Å²) in [6.45, 7) is 0. The predicted molar refractivity (Wildman–Crippen MR) is 95.7 cm³/mol. The van der Waals surface area contributed by atoms with Crippen molar-refractivity contribution in [1.82, 2.24) is 14.6 Å². The molecule has 4 aromatic rings. The summed E-state index contributed by atoms with van der Waals surface area (Å²) in [7, 11) is 0. The lowest BCUT2D eigenvalue weighted by Gasteiger charge is -2.08. The van der Waals surface area contributed by atoms with Crippen molar-refractivity contribution in [3.63, 3.8) is 0 Å². The number of nitrogens with zero attached hydrogens (tertiary/aromatic N) is 3. The highest BCUT2D eigenvalue weighted by Crippen LogP contribution is 2.34. The SMILES string of the molecule is Oc1cc(C(F)(F)F)nc2c(-c3ccc(Sc4ccccc4)cc3)cnn12. The van der Waals surface area contributed by atoms with Crippen LogP contribution < -0.4 is 0 Å². The zero-order chi connectivity index (χ0) is 19.0. The third kappa shape index (κ3) is 3.48. The van der Waals surface area contributed by atoms with E-state index < -0.39 is 17.8 Å². The Morgan fingerprint density at radius 1 is 0.926 bits per heavy atom. The zero-order valence-electron chi connectivity index (χ0n) is 13.7. The fraction of sp³-hybridized carbons (Fsp3) is 0.0526. The minimum absolute atomic E-state index is 0.0502. The van der Waals surface area contributed by atoms with Gasteiger partial charge in [-0.05, 0) is 29.8 Å². The molecule has 0 bridgehead atoms. The van der Waals surface area contributed by atoms with Crippen LogP contribution >= 0.6 is 11.8 Å². The fourth-order valence-electron chi connectivity index (χ4n) is 2.62. The van der Waals surface area contributed by atoms with Crippen molar-refractivity contribution in [3.8, 4) is 17.0 Å². The van der Waals surface area contributed by atoms with E-state index in [0.29, 0.717) is 17.2 Å². The largest absolute Gasteiger partial charge is 0.493 e. The summed E-state index contributed by atoms with van der Waals surface area (Å²) in [6.07, 6.45) is -3.27. The van der Waals surface area contributed by atoms with Crippen LogP contribution in [-0.4, -0.2) is 19.7 Å². The van der Waals surface area contributed by atoms with Crippen LogP contribution in [0.5, 0.6) is 5.88 Å². The molecule has 1 N–H and O–H groups in total. The lowest BCUT2D eigenvalue weighted by Crippen LogP contribution is -2.09. The van der Waals surface area contributed by atoms with Crippen LogP contribution in [0.4, 0.5) is 13.2 Å². The standard InChI is InChI=1S/C19H12F3N3OS/c20-19(21,22)16-10-17(26)25-18(24-16)15(11-23-25)12-6-8-14(9-7-12)27-13-4-2-1-3-5-13/h1-11,26H. The van der Waals surface area contributed by atoms with E-state index in [0.717, 1.165) is 14.3 Å². The minimum Gasteiger partial charge on any atom is -0.493 e. The molecule has 4 rings (SSSR count). The summed E-state index contributed by atoms with van der Waals surface area (Å²) in [5.74, 6) is -0.616. The van der Waals surface area contributed by atoms with Crippen LogP contribution in [0, 0.1) is 0 Å². The molecular weight excluding hydrogens is 375 g/mol. The van der Waals surface area contributed by atoms with Crippen LogP contribution in [0.15, 0.2) is 76.7 Å². The molecule has 2 aromatic carbocycles. The van der Waals surface area contributed by atoms with E-state index in [1.807, 2.05) is 42.5 Å². The summed E-state index contributed by atoms with van der Waals surface area (Å²) in [4.78, 5) is 5.72. The quantitative estimate of drug-likeness (QED) is 0.520. The van der Waals surface area contributed by atoms with E-state index in [1.165, 1.54) is 6.20 Å². The van der Waals surface area contributed by atoms with Gasteiger partial charge >= 0.3 is 6.18 Å². The van der Waals surface area contributed by atoms with Crippen molar-refractivity contribution in [1.29, 1.82) is 0 Å². The van der Waals surface area contributed by atoms with Crippen LogP contribution in [0.2, 0.25) is 0 Å². The second-order valence-electron chi connectivity index (χ2n) is 5.73. The van der Waals surface area contributed by atoms with Crippen molar-refractivity contribution in [3.05, 3.63) is 72.6 Å². The molecule has 136 valence electrons. The highest BCUT2D eigenvalue weighted by molar-refractivity contribution is 7.99. The Morgan fingerprint density at radius 2 is 1.59 bits per heavy atom. The third-order valence-corrected chi connectivity index (χ3v) is 4.90. The van der Waals surface area contributed by atoms with Gasteiger partial charge in [0, 0.05) is 21.4 Å². The van der Waals surface area contributed by atoms with Gasteiger partial charge in [0.25, 0.3) is 0 Å². The number of aromatic hydroxyl groups is 1. The smallest absolute Gasteiger partial charge is 0.433 e. The number of hydrogen-bond donors (Lipinski definition) is 1. The van der Waals surface area contributed by atoms with Crippen LogP contribution in [0.1, 0.15) is 5.69 Å². The Balaban J connectivity index is 1.71. The monoisotopic (exact) mass is 387 g/mol. The molecule has 2 aromatic heterocycles. The Labute approximate surface area is 156 Å². The van der Waals surface area contributed by atoms with Crippen LogP contribution in [0.25, 0.3) is 16.8 Å². The van der Waals surface area contributed by atoms with E-state index >= 15 is 0 Å². The number of rotatable bonds is 3. The molecule has 0 aliphatic heterocycles. The van der Waals surface area contributed by atoms with Gasteiger partial charge < -0.3 is 5.11 Å². The summed E-state index contributed by atoms with van der Waals surface area (Å²) in [5.41, 5.74) is -0.141. The molecule has 2 heterocycles. The Morgan fingerprint density at radius 3 is 2.26 bits per heavy atom. The molecule has 0 aliphatic rings.